The van der Waals surface area contributed by atoms with Crippen molar-refractivity contribution in [2.45, 2.75) is 33.0 Å². The van der Waals surface area contributed by atoms with Crippen LogP contribution in [0.5, 0.6) is 0 Å². The molecule has 2 amide bonds. The van der Waals surface area contributed by atoms with Crippen LogP contribution in [0.15, 0.2) is 0 Å². The summed E-state index contributed by atoms with van der Waals surface area (Å²) in [7, 11) is -2.03. The third-order valence-corrected chi connectivity index (χ3v) is 4.63. The van der Waals surface area contributed by atoms with Crippen molar-refractivity contribution >= 4 is 16.1 Å². The SMILES string of the molecule is CNC(=O)NC(CN(C)S(=O)(=O)CC(F)(F)F)C(C)(C)C. The van der Waals surface area contributed by atoms with Gasteiger partial charge < -0.3 is 10.6 Å². The average Bonchev–Trinajstić information content (AvgIpc) is 2.23. The summed E-state index contributed by atoms with van der Waals surface area (Å²) in [6, 6.07) is -1.18. The maximum atomic E-state index is 12.3. The van der Waals surface area contributed by atoms with E-state index >= 15 is 0 Å². The van der Waals surface area contributed by atoms with Gasteiger partial charge in [0.25, 0.3) is 0 Å². The molecule has 0 heterocycles. The molecule has 0 radical (unpaired) electrons. The van der Waals surface area contributed by atoms with Crippen LogP contribution in [0, 0.1) is 5.41 Å². The normalized spacial score (nSPS) is 14.9. The zero-order valence-electron chi connectivity index (χ0n) is 12.7. The lowest BCUT2D eigenvalue weighted by molar-refractivity contribution is -0.107. The summed E-state index contributed by atoms with van der Waals surface area (Å²) in [4.78, 5) is 11.4. The van der Waals surface area contributed by atoms with E-state index in [1.165, 1.54) is 7.05 Å². The van der Waals surface area contributed by atoms with E-state index in [-0.39, 0.29) is 6.54 Å². The largest absolute Gasteiger partial charge is 0.404 e. The minimum absolute atomic E-state index is 0.255. The van der Waals surface area contributed by atoms with Crippen LogP contribution >= 0.6 is 0 Å². The molecule has 0 aromatic carbocycles. The minimum Gasteiger partial charge on any atom is -0.341 e. The highest BCUT2D eigenvalue weighted by Gasteiger charge is 2.39. The van der Waals surface area contributed by atoms with Gasteiger partial charge in [0.05, 0.1) is 0 Å². The van der Waals surface area contributed by atoms with E-state index in [4.69, 9.17) is 0 Å². The topological polar surface area (TPSA) is 78.5 Å². The summed E-state index contributed by atoms with van der Waals surface area (Å²) in [5.74, 6) is -1.92. The van der Waals surface area contributed by atoms with Crippen molar-refractivity contribution in [3.63, 3.8) is 0 Å². The Hall–Kier alpha value is -1.03. The van der Waals surface area contributed by atoms with Crippen LogP contribution < -0.4 is 10.6 Å². The molecular weight excluding hydrogens is 311 g/mol. The Balaban J connectivity index is 5.05. The number of carbonyl (C=O) groups excluding carboxylic acids is 1. The van der Waals surface area contributed by atoms with Crippen LogP contribution in [0.2, 0.25) is 0 Å². The van der Waals surface area contributed by atoms with E-state index in [2.05, 4.69) is 10.6 Å². The summed E-state index contributed by atoms with van der Waals surface area (Å²) >= 11 is 0. The number of urea groups is 1. The molecule has 0 saturated heterocycles. The first-order valence-electron chi connectivity index (χ1n) is 6.18. The highest BCUT2D eigenvalue weighted by atomic mass is 32.2. The van der Waals surface area contributed by atoms with Gasteiger partial charge in [0.2, 0.25) is 10.0 Å². The minimum atomic E-state index is -4.81. The van der Waals surface area contributed by atoms with Crippen molar-refractivity contribution in [2.24, 2.45) is 5.41 Å². The first-order chi connectivity index (χ1) is 9.19. The van der Waals surface area contributed by atoms with Crippen molar-refractivity contribution < 1.29 is 26.4 Å². The number of nitrogens with one attached hydrogen (secondary N) is 2. The van der Waals surface area contributed by atoms with Crippen molar-refractivity contribution in [2.75, 3.05) is 26.4 Å². The highest BCUT2D eigenvalue weighted by molar-refractivity contribution is 7.89. The number of nitrogens with zero attached hydrogens (tertiary/aromatic N) is 1. The van der Waals surface area contributed by atoms with Crippen molar-refractivity contribution in [3.8, 4) is 0 Å². The molecule has 0 aliphatic rings. The predicted molar refractivity (Wildman–Crippen MR) is 73.3 cm³/mol. The molecule has 0 fully saturated rings. The quantitative estimate of drug-likeness (QED) is 0.792. The van der Waals surface area contributed by atoms with Crippen molar-refractivity contribution in [3.05, 3.63) is 0 Å². The maximum Gasteiger partial charge on any atom is 0.404 e. The fourth-order valence-corrected chi connectivity index (χ4v) is 2.46. The highest BCUT2D eigenvalue weighted by Crippen LogP contribution is 2.23. The Morgan fingerprint density at radius 2 is 1.71 bits per heavy atom. The summed E-state index contributed by atoms with van der Waals surface area (Å²) in [6.07, 6.45) is -4.81. The summed E-state index contributed by atoms with van der Waals surface area (Å²) in [6.45, 7) is 4.99. The molecule has 0 aliphatic heterocycles. The molecule has 6 nitrogen and oxygen atoms in total. The lowest BCUT2D eigenvalue weighted by Gasteiger charge is -2.34. The van der Waals surface area contributed by atoms with E-state index in [1.807, 2.05) is 0 Å². The van der Waals surface area contributed by atoms with Gasteiger partial charge in [-0.1, -0.05) is 20.8 Å². The molecule has 0 spiro atoms. The van der Waals surface area contributed by atoms with Gasteiger partial charge in [-0.05, 0) is 5.41 Å². The molecule has 126 valence electrons. The number of rotatable bonds is 5. The van der Waals surface area contributed by atoms with Crippen LogP contribution in [-0.2, 0) is 10.0 Å². The van der Waals surface area contributed by atoms with Crippen LogP contribution in [-0.4, -0.2) is 57.4 Å². The lowest BCUT2D eigenvalue weighted by Crippen LogP contribution is -2.53. The van der Waals surface area contributed by atoms with Gasteiger partial charge in [-0.15, -0.1) is 0 Å². The number of likely N-dealkylation sites (N-methyl/N-ethyl adjacent to an activating group) is 1. The van der Waals surface area contributed by atoms with Gasteiger partial charge in [-0.3, -0.25) is 0 Å². The number of halogens is 3. The van der Waals surface area contributed by atoms with Gasteiger partial charge in [0, 0.05) is 26.7 Å². The standard InChI is InChI=1S/C11H22F3N3O3S/c1-10(2,3)8(16-9(18)15-4)6-17(5)21(19,20)7-11(12,13)14/h8H,6-7H2,1-5H3,(H2,15,16,18). The molecule has 2 N–H and O–H groups in total. The Labute approximate surface area is 123 Å². The van der Waals surface area contributed by atoms with E-state index in [0.29, 0.717) is 4.31 Å². The van der Waals surface area contributed by atoms with Gasteiger partial charge in [-0.2, -0.15) is 13.2 Å². The maximum absolute atomic E-state index is 12.3. The van der Waals surface area contributed by atoms with Gasteiger partial charge in [0.1, 0.15) is 0 Å². The number of alkyl halides is 3. The van der Waals surface area contributed by atoms with Gasteiger partial charge in [0.15, 0.2) is 5.75 Å². The van der Waals surface area contributed by atoms with Crippen LogP contribution in [0.1, 0.15) is 20.8 Å². The molecule has 1 atom stereocenters. The Bertz CT molecular complexity index is 458. The second kappa shape index (κ2) is 6.82. The lowest BCUT2D eigenvalue weighted by atomic mass is 9.87. The summed E-state index contributed by atoms with van der Waals surface area (Å²) in [5, 5.41) is 4.85. The van der Waals surface area contributed by atoms with Gasteiger partial charge in [-0.25, -0.2) is 17.5 Å². The third-order valence-electron chi connectivity index (χ3n) is 2.84. The molecule has 0 bridgehead atoms. The second-order valence-corrected chi connectivity index (χ2v) is 7.87. The number of hydrogen-bond donors (Lipinski definition) is 2. The number of amides is 2. The summed E-state index contributed by atoms with van der Waals surface area (Å²) < 4.78 is 60.7. The zero-order valence-corrected chi connectivity index (χ0v) is 13.5. The predicted octanol–water partition coefficient (Wildman–Crippen LogP) is 1.15. The van der Waals surface area contributed by atoms with E-state index in [0.717, 1.165) is 7.05 Å². The number of hydrogen-bond acceptors (Lipinski definition) is 3. The van der Waals surface area contributed by atoms with Crippen LogP contribution in [0.3, 0.4) is 0 Å². The molecule has 0 aromatic rings. The van der Waals surface area contributed by atoms with E-state index in [9.17, 15) is 26.4 Å². The molecule has 0 aromatic heterocycles. The number of sulfonamides is 1. The molecule has 0 aliphatic carbocycles. The monoisotopic (exact) mass is 333 g/mol. The zero-order chi connectivity index (χ0) is 17.1. The van der Waals surface area contributed by atoms with E-state index in [1.54, 1.807) is 20.8 Å². The first kappa shape index (κ1) is 20.0. The summed E-state index contributed by atoms with van der Waals surface area (Å²) in [5.41, 5.74) is -0.533. The molecule has 10 heteroatoms. The molecule has 0 saturated carbocycles. The number of carbonyl (C=O) groups is 1. The van der Waals surface area contributed by atoms with Crippen molar-refractivity contribution in [1.29, 1.82) is 0 Å². The molecule has 21 heavy (non-hydrogen) atoms. The molecule has 1 unspecified atom stereocenters. The van der Waals surface area contributed by atoms with Crippen molar-refractivity contribution in [1.82, 2.24) is 14.9 Å². The molecular formula is C11H22F3N3O3S. The second-order valence-electron chi connectivity index (χ2n) is 5.79. The van der Waals surface area contributed by atoms with Crippen LogP contribution in [0.4, 0.5) is 18.0 Å². The smallest absolute Gasteiger partial charge is 0.341 e. The fourth-order valence-electron chi connectivity index (χ4n) is 1.45. The average molecular weight is 333 g/mol. The fraction of sp³-hybridized carbons (Fsp3) is 0.909. The Kier molecular flexibility index (Phi) is 6.49. The first-order valence-corrected chi connectivity index (χ1v) is 7.79. The Morgan fingerprint density at radius 3 is 2.05 bits per heavy atom. The Morgan fingerprint density at radius 1 is 1.24 bits per heavy atom. The van der Waals surface area contributed by atoms with Crippen LogP contribution in [0.25, 0.3) is 0 Å². The van der Waals surface area contributed by atoms with Gasteiger partial charge >= 0.3 is 12.2 Å². The van der Waals surface area contributed by atoms with E-state index < -0.39 is 39.4 Å². The molecule has 0 rings (SSSR count). The third kappa shape index (κ3) is 7.51.